The third-order valence-electron chi connectivity index (χ3n) is 5.13. The third kappa shape index (κ3) is 7.41. The summed E-state index contributed by atoms with van der Waals surface area (Å²) in [7, 11) is 0. The van der Waals surface area contributed by atoms with Gasteiger partial charge in [-0.3, -0.25) is 9.69 Å². The van der Waals surface area contributed by atoms with Crippen LogP contribution in [-0.2, 0) is 11.3 Å². The van der Waals surface area contributed by atoms with Crippen LogP contribution < -0.4 is 10.1 Å². The van der Waals surface area contributed by atoms with E-state index in [0.29, 0.717) is 13.0 Å². The smallest absolute Gasteiger partial charge is 0.224 e. The average Bonchev–Trinajstić information content (AvgIpc) is 2.71. The maximum Gasteiger partial charge on any atom is 0.224 e. The number of rotatable bonds is 9. The van der Waals surface area contributed by atoms with E-state index in [1.54, 1.807) is 0 Å². The second-order valence-electron chi connectivity index (χ2n) is 7.71. The van der Waals surface area contributed by atoms with Crippen molar-refractivity contribution in [1.29, 1.82) is 0 Å². The molecule has 156 valence electrons. The number of carbonyl (C=O) groups is 1. The Hall–Kier alpha value is -1.98. The Morgan fingerprint density at radius 3 is 2.69 bits per heavy atom. The molecule has 1 aliphatic rings. The highest BCUT2D eigenvalue weighted by molar-refractivity contribution is 7.99. The maximum atomic E-state index is 12.3. The molecular weight excluding hydrogens is 380 g/mol. The monoisotopic (exact) mass is 412 g/mol. The molecule has 0 atom stereocenters. The third-order valence-corrected chi connectivity index (χ3v) is 6.07. The molecule has 0 unspecified atom stereocenters. The van der Waals surface area contributed by atoms with Crippen LogP contribution in [0, 0.1) is 13.8 Å². The molecule has 1 aliphatic heterocycles. The summed E-state index contributed by atoms with van der Waals surface area (Å²) in [5.74, 6) is 3.42. The Bertz CT molecular complexity index is 803. The molecule has 0 aliphatic carbocycles. The lowest BCUT2D eigenvalue weighted by Gasteiger charge is -2.26. The molecule has 0 spiro atoms. The summed E-state index contributed by atoms with van der Waals surface area (Å²) in [6, 6.07) is 14.4. The zero-order valence-corrected chi connectivity index (χ0v) is 18.4. The minimum Gasteiger partial charge on any atom is -0.494 e. The Labute approximate surface area is 179 Å². The number of amides is 1. The van der Waals surface area contributed by atoms with E-state index < -0.39 is 0 Å². The van der Waals surface area contributed by atoms with Gasteiger partial charge in [-0.1, -0.05) is 24.3 Å². The van der Waals surface area contributed by atoms with Crippen LogP contribution in [0.5, 0.6) is 5.75 Å². The SMILES string of the molecule is Cc1cccc(OCCCCC(=O)Nc2ccc(CN3CCSCC3)cc2C)c1. The van der Waals surface area contributed by atoms with Gasteiger partial charge in [0.15, 0.2) is 0 Å². The van der Waals surface area contributed by atoms with Gasteiger partial charge in [0.2, 0.25) is 5.91 Å². The van der Waals surface area contributed by atoms with Crippen molar-refractivity contribution in [3.8, 4) is 5.75 Å². The lowest BCUT2D eigenvalue weighted by atomic mass is 10.1. The zero-order chi connectivity index (χ0) is 20.5. The van der Waals surface area contributed by atoms with E-state index in [9.17, 15) is 4.79 Å². The Balaban J connectivity index is 1.37. The number of aryl methyl sites for hydroxylation is 2. The van der Waals surface area contributed by atoms with Crippen LogP contribution in [0.2, 0.25) is 0 Å². The van der Waals surface area contributed by atoms with Crippen LogP contribution in [0.1, 0.15) is 36.0 Å². The summed E-state index contributed by atoms with van der Waals surface area (Å²) < 4.78 is 5.74. The number of carbonyl (C=O) groups excluding carboxylic acids is 1. The van der Waals surface area contributed by atoms with E-state index in [1.807, 2.05) is 36.0 Å². The van der Waals surface area contributed by atoms with Crippen LogP contribution >= 0.6 is 11.8 Å². The highest BCUT2D eigenvalue weighted by Gasteiger charge is 2.12. The molecular formula is C24H32N2O2S. The van der Waals surface area contributed by atoms with Gasteiger partial charge in [0.1, 0.15) is 5.75 Å². The molecule has 5 heteroatoms. The van der Waals surface area contributed by atoms with Crippen molar-refractivity contribution in [2.45, 2.75) is 39.7 Å². The highest BCUT2D eigenvalue weighted by Crippen LogP contribution is 2.20. The molecule has 1 N–H and O–H groups in total. The van der Waals surface area contributed by atoms with Crippen LogP contribution in [0.25, 0.3) is 0 Å². The van der Waals surface area contributed by atoms with E-state index in [0.717, 1.165) is 49.5 Å². The summed E-state index contributed by atoms with van der Waals surface area (Å²) >= 11 is 2.03. The Morgan fingerprint density at radius 1 is 1.10 bits per heavy atom. The number of hydrogen-bond acceptors (Lipinski definition) is 4. The first-order valence-corrected chi connectivity index (χ1v) is 11.6. The Morgan fingerprint density at radius 2 is 1.93 bits per heavy atom. The van der Waals surface area contributed by atoms with Gasteiger partial charge < -0.3 is 10.1 Å². The van der Waals surface area contributed by atoms with E-state index in [4.69, 9.17) is 4.74 Å². The summed E-state index contributed by atoms with van der Waals surface area (Å²) in [4.78, 5) is 14.8. The number of nitrogens with one attached hydrogen (secondary N) is 1. The molecule has 3 rings (SSSR count). The molecule has 2 aromatic carbocycles. The van der Waals surface area contributed by atoms with E-state index in [-0.39, 0.29) is 5.91 Å². The lowest BCUT2D eigenvalue weighted by Crippen LogP contribution is -2.31. The van der Waals surface area contributed by atoms with Crippen molar-refractivity contribution in [1.82, 2.24) is 4.90 Å². The fourth-order valence-electron chi connectivity index (χ4n) is 3.48. The largest absolute Gasteiger partial charge is 0.494 e. The first-order chi connectivity index (χ1) is 14.1. The molecule has 1 heterocycles. The van der Waals surface area contributed by atoms with Gasteiger partial charge in [0, 0.05) is 43.2 Å². The van der Waals surface area contributed by atoms with Crippen molar-refractivity contribution < 1.29 is 9.53 Å². The zero-order valence-electron chi connectivity index (χ0n) is 17.6. The molecule has 0 radical (unpaired) electrons. The number of unbranched alkanes of at least 4 members (excludes halogenated alkanes) is 1. The average molecular weight is 413 g/mol. The summed E-state index contributed by atoms with van der Waals surface area (Å²) in [5.41, 5.74) is 4.56. The first kappa shape index (κ1) is 21.7. The molecule has 1 amide bonds. The number of anilines is 1. The van der Waals surface area contributed by atoms with Gasteiger partial charge in [0.05, 0.1) is 6.61 Å². The standard InChI is InChI=1S/C24H32N2O2S/c1-19-6-5-7-22(16-19)28-13-4-3-8-24(27)25-23-10-9-21(17-20(23)2)18-26-11-14-29-15-12-26/h5-7,9-10,16-17H,3-4,8,11-15,18H2,1-2H3,(H,25,27). The molecule has 2 aromatic rings. The minimum atomic E-state index is 0.0736. The van der Waals surface area contributed by atoms with Crippen molar-refractivity contribution in [3.63, 3.8) is 0 Å². The lowest BCUT2D eigenvalue weighted by molar-refractivity contribution is -0.116. The van der Waals surface area contributed by atoms with Gasteiger partial charge in [0.25, 0.3) is 0 Å². The summed E-state index contributed by atoms with van der Waals surface area (Å²) in [6.45, 7) is 8.08. The number of ether oxygens (including phenoxy) is 1. The van der Waals surface area contributed by atoms with Gasteiger partial charge in [-0.2, -0.15) is 11.8 Å². The Kier molecular flexibility index (Phi) is 8.44. The number of nitrogens with zero attached hydrogens (tertiary/aromatic N) is 1. The van der Waals surface area contributed by atoms with Crippen molar-refractivity contribution in [2.24, 2.45) is 0 Å². The fourth-order valence-corrected chi connectivity index (χ4v) is 4.46. The summed E-state index contributed by atoms with van der Waals surface area (Å²) in [6.07, 6.45) is 2.21. The van der Waals surface area contributed by atoms with Crippen LogP contribution in [-0.4, -0.2) is 42.0 Å². The second-order valence-corrected chi connectivity index (χ2v) is 8.93. The normalized spacial score (nSPS) is 14.6. The molecule has 0 aromatic heterocycles. The molecule has 1 saturated heterocycles. The molecule has 0 bridgehead atoms. The van der Waals surface area contributed by atoms with Crippen LogP contribution in [0.3, 0.4) is 0 Å². The van der Waals surface area contributed by atoms with E-state index in [1.165, 1.54) is 22.6 Å². The van der Waals surface area contributed by atoms with Crippen LogP contribution in [0.15, 0.2) is 42.5 Å². The van der Waals surface area contributed by atoms with E-state index in [2.05, 4.69) is 42.3 Å². The van der Waals surface area contributed by atoms with Crippen molar-refractivity contribution >= 4 is 23.4 Å². The highest BCUT2D eigenvalue weighted by atomic mass is 32.2. The van der Waals surface area contributed by atoms with Crippen molar-refractivity contribution in [3.05, 3.63) is 59.2 Å². The number of thioether (sulfide) groups is 1. The number of benzene rings is 2. The predicted molar refractivity (Wildman–Crippen MR) is 123 cm³/mol. The molecule has 4 nitrogen and oxygen atoms in total. The minimum absolute atomic E-state index is 0.0736. The van der Waals surface area contributed by atoms with Crippen molar-refractivity contribution in [2.75, 3.05) is 36.5 Å². The van der Waals surface area contributed by atoms with Crippen LogP contribution in [0.4, 0.5) is 5.69 Å². The van der Waals surface area contributed by atoms with Gasteiger partial charge in [-0.05, 0) is 61.6 Å². The first-order valence-electron chi connectivity index (χ1n) is 10.5. The second kappa shape index (κ2) is 11.3. The summed E-state index contributed by atoms with van der Waals surface area (Å²) in [5, 5.41) is 3.06. The molecule has 29 heavy (non-hydrogen) atoms. The maximum absolute atomic E-state index is 12.3. The van der Waals surface area contributed by atoms with Gasteiger partial charge >= 0.3 is 0 Å². The van der Waals surface area contributed by atoms with E-state index >= 15 is 0 Å². The number of hydrogen-bond donors (Lipinski definition) is 1. The molecule has 1 fully saturated rings. The predicted octanol–water partition coefficient (Wildman–Crippen LogP) is 5.04. The topological polar surface area (TPSA) is 41.6 Å². The molecule has 0 saturated carbocycles. The fraction of sp³-hybridized carbons (Fsp3) is 0.458. The quantitative estimate of drug-likeness (QED) is 0.586. The van der Waals surface area contributed by atoms with Gasteiger partial charge in [-0.25, -0.2) is 0 Å². The van der Waals surface area contributed by atoms with Gasteiger partial charge in [-0.15, -0.1) is 0 Å².